The number of nitrogens with one attached hydrogen (secondary N) is 1. The molecule has 5 rings (SSSR count). The second-order valence-corrected chi connectivity index (χ2v) is 8.25. The molecule has 0 spiro atoms. The normalized spacial score (nSPS) is 12.9. The minimum Gasteiger partial charge on any atom is -0.480 e. The summed E-state index contributed by atoms with van der Waals surface area (Å²) in [5.41, 5.74) is 0.830. The average Bonchev–Trinajstić information content (AvgIpc) is 3.56. The van der Waals surface area contributed by atoms with Crippen molar-refractivity contribution in [1.82, 2.24) is 34.3 Å². The zero-order chi connectivity index (χ0) is 26.0. The number of hydrogen-bond donors (Lipinski definition) is 2. The van der Waals surface area contributed by atoms with E-state index >= 15 is 0 Å². The summed E-state index contributed by atoms with van der Waals surface area (Å²) in [6, 6.07) is 14.4. The van der Waals surface area contributed by atoms with Crippen molar-refractivity contribution >= 4 is 22.9 Å². The third-order valence-corrected chi connectivity index (χ3v) is 6.14. The van der Waals surface area contributed by atoms with Crippen LogP contribution in [0.1, 0.15) is 41.3 Å². The molecular weight excluding hydrogens is 472 g/mol. The van der Waals surface area contributed by atoms with Crippen molar-refractivity contribution in [2.45, 2.75) is 32.5 Å². The summed E-state index contributed by atoms with van der Waals surface area (Å²) in [6.45, 7) is 4.99. The van der Waals surface area contributed by atoms with Crippen molar-refractivity contribution in [3.05, 3.63) is 89.9 Å². The van der Waals surface area contributed by atoms with Gasteiger partial charge < -0.3 is 14.4 Å². The largest absolute Gasteiger partial charge is 0.480 e. The van der Waals surface area contributed by atoms with Gasteiger partial charge in [0.2, 0.25) is 11.8 Å². The van der Waals surface area contributed by atoms with Crippen LogP contribution in [-0.2, 0) is 18.7 Å². The number of pyridine rings is 1. The second kappa shape index (κ2) is 9.78. The van der Waals surface area contributed by atoms with E-state index in [1.165, 1.54) is 7.11 Å². The first-order valence-electron chi connectivity index (χ1n) is 11.8. The quantitative estimate of drug-likeness (QED) is 0.334. The molecule has 1 atom stereocenters. The number of carbonyl (C=O) groups is 1. The van der Waals surface area contributed by atoms with Crippen molar-refractivity contribution < 1.29 is 14.6 Å². The van der Waals surface area contributed by atoms with Gasteiger partial charge >= 0.3 is 0 Å². The van der Waals surface area contributed by atoms with E-state index in [-0.39, 0.29) is 23.2 Å². The van der Waals surface area contributed by atoms with E-state index in [1.807, 2.05) is 48.7 Å². The van der Waals surface area contributed by atoms with Crippen LogP contribution in [0.15, 0.2) is 67.3 Å². The van der Waals surface area contributed by atoms with Gasteiger partial charge in [0.25, 0.3) is 5.91 Å². The fourth-order valence-electron chi connectivity index (χ4n) is 4.35. The zero-order valence-electron chi connectivity index (χ0n) is 20.7. The number of benzene rings is 1. The fraction of sp³-hybridized carbons (Fsp3) is 0.231. The monoisotopic (exact) mass is 498 g/mol. The van der Waals surface area contributed by atoms with Crippen LogP contribution in [-0.4, -0.2) is 52.4 Å². The molecule has 1 amide bonds. The van der Waals surface area contributed by atoms with E-state index in [4.69, 9.17) is 4.74 Å². The molecule has 0 radical (unpaired) electrons. The summed E-state index contributed by atoms with van der Waals surface area (Å²) in [5, 5.41) is 19.2. The number of aryl methyl sites for hydroxylation is 2. The van der Waals surface area contributed by atoms with Crippen LogP contribution >= 0.6 is 0 Å². The Morgan fingerprint density at radius 3 is 2.46 bits per heavy atom. The highest BCUT2D eigenvalue weighted by Gasteiger charge is 2.40. The highest BCUT2D eigenvalue weighted by molar-refractivity contribution is 6.06. The van der Waals surface area contributed by atoms with Gasteiger partial charge in [0, 0.05) is 25.5 Å². The third-order valence-electron chi connectivity index (χ3n) is 6.14. The summed E-state index contributed by atoms with van der Waals surface area (Å²) in [6.07, 6.45) is 4.72. The second-order valence-electron chi connectivity index (χ2n) is 8.25. The smallest absolute Gasteiger partial charge is 0.263 e. The first-order valence-corrected chi connectivity index (χ1v) is 11.8. The Hall–Kier alpha value is -4.64. The number of aliphatic hydroxyl groups is 1. The molecule has 11 nitrogen and oxygen atoms in total. The van der Waals surface area contributed by atoms with E-state index in [1.54, 1.807) is 41.6 Å². The summed E-state index contributed by atoms with van der Waals surface area (Å²) in [7, 11) is 1.45. The van der Waals surface area contributed by atoms with Gasteiger partial charge in [0.1, 0.15) is 11.9 Å². The Morgan fingerprint density at radius 2 is 1.81 bits per heavy atom. The van der Waals surface area contributed by atoms with E-state index in [9.17, 15) is 9.90 Å². The molecule has 0 fully saturated rings. The Kier molecular flexibility index (Phi) is 6.36. The van der Waals surface area contributed by atoms with Gasteiger partial charge in [-0.05, 0) is 37.6 Å². The lowest BCUT2D eigenvalue weighted by atomic mass is 9.89. The predicted octanol–water partition coefficient (Wildman–Crippen LogP) is 3.00. The molecule has 188 valence electrons. The molecule has 0 saturated carbocycles. The molecule has 0 aliphatic heterocycles. The van der Waals surface area contributed by atoms with E-state index in [0.29, 0.717) is 35.4 Å². The number of rotatable bonds is 8. The molecule has 2 N–H and O–H groups in total. The number of ether oxygens (including phenoxy) is 1. The number of aromatic nitrogens is 7. The number of fused-ring (bicyclic) bond motifs is 1. The van der Waals surface area contributed by atoms with Crippen LogP contribution in [0, 0.1) is 0 Å². The maximum absolute atomic E-state index is 13.2. The molecular formula is C26H26N8O3. The minimum absolute atomic E-state index is 0.138. The van der Waals surface area contributed by atoms with Crippen LogP contribution in [0.5, 0.6) is 5.88 Å². The van der Waals surface area contributed by atoms with Crippen LogP contribution in [0.2, 0.25) is 0 Å². The lowest BCUT2D eigenvalue weighted by Crippen LogP contribution is -2.33. The topological polar surface area (TPSA) is 133 Å². The molecule has 4 aromatic heterocycles. The Bertz CT molecular complexity index is 1510. The van der Waals surface area contributed by atoms with Crippen molar-refractivity contribution in [3.8, 4) is 5.88 Å². The van der Waals surface area contributed by atoms with Crippen molar-refractivity contribution in [2.24, 2.45) is 0 Å². The number of hydrogen-bond acceptors (Lipinski definition) is 8. The molecule has 4 heterocycles. The van der Waals surface area contributed by atoms with Crippen LogP contribution < -0.4 is 10.1 Å². The first kappa shape index (κ1) is 24.1. The van der Waals surface area contributed by atoms with Crippen LogP contribution in [0.4, 0.5) is 5.95 Å². The van der Waals surface area contributed by atoms with Crippen LogP contribution in [0.3, 0.4) is 0 Å². The van der Waals surface area contributed by atoms with Gasteiger partial charge in [-0.2, -0.15) is 0 Å². The number of amides is 1. The highest BCUT2D eigenvalue weighted by Crippen LogP contribution is 2.38. The third kappa shape index (κ3) is 4.19. The van der Waals surface area contributed by atoms with Crippen molar-refractivity contribution in [2.75, 3.05) is 12.4 Å². The van der Waals surface area contributed by atoms with Gasteiger partial charge in [0.05, 0.1) is 23.8 Å². The molecule has 5 aromatic rings. The standard InChI is InChI=1S/C26H26N8O3/c1-4-33-16-29-25(32-33)31-22(35)18-14-20-19(30-23(18)37-3)15-21(34(20)5-2)26(36,17-10-7-6-8-11-17)24-27-12-9-13-28-24/h6-16,36H,4-5H2,1-3H3,(H,31,32,35). The lowest BCUT2D eigenvalue weighted by molar-refractivity contribution is 0.102. The Balaban J connectivity index is 1.68. The van der Waals surface area contributed by atoms with Gasteiger partial charge in [-0.15, -0.1) is 5.10 Å². The maximum atomic E-state index is 13.2. The van der Waals surface area contributed by atoms with Crippen molar-refractivity contribution in [1.29, 1.82) is 0 Å². The lowest BCUT2D eigenvalue weighted by Gasteiger charge is -2.28. The number of nitrogens with zero attached hydrogens (tertiary/aromatic N) is 7. The fourth-order valence-corrected chi connectivity index (χ4v) is 4.35. The van der Waals surface area contributed by atoms with E-state index in [0.717, 1.165) is 0 Å². The van der Waals surface area contributed by atoms with Gasteiger partial charge in [0.15, 0.2) is 11.4 Å². The number of anilines is 1. The minimum atomic E-state index is -1.67. The van der Waals surface area contributed by atoms with Gasteiger partial charge in [-0.25, -0.2) is 19.9 Å². The molecule has 0 aliphatic carbocycles. The summed E-state index contributed by atoms with van der Waals surface area (Å²) < 4.78 is 8.97. The average molecular weight is 499 g/mol. The zero-order valence-corrected chi connectivity index (χ0v) is 20.7. The van der Waals surface area contributed by atoms with Crippen LogP contribution in [0.25, 0.3) is 11.0 Å². The Morgan fingerprint density at radius 1 is 1.05 bits per heavy atom. The summed E-state index contributed by atoms with van der Waals surface area (Å²) >= 11 is 0. The highest BCUT2D eigenvalue weighted by atomic mass is 16.5. The molecule has 37 heavy (non-hydrogen) atoms. The van der Waals surface area contributed by atoms with Gasteiger partial charge in [-0.1, -0.05) is 30.3 Å². The number of methoxy groups -OCH3 is 1. The van der Waals surface area contributed by atoms with Gasteiger partial charge in [-0.3, -0.25) is 14.8 Å². The van der Waals surface area contributed by atoms with Crippen molar-refractivity contribution in [3.63, 3.8) is 0 Å². The van der Waals surface area contributed by atoms with E-state index in [2.05, 4.69) is 30.4 Å². The molecule has 11 heteroatoms. The molecule has 0 aliphatic rings. The first-order chi connectivity index (χ1) is 18.0. The number of carbonyl (C=O) groups excluding carboxylic acids is 1. The Labute approximate surface area is 212 Å². The maximum Gasteiger partial charge on any atom is 0.263 e. The predicted molar refractivity (Wildman–Crippen MR) is 136 cm³/mol. The molecule has 1 unspecified atom stereocenters. The molecule has 0 saturated heterocycles. The SMILES string of the molecule is CCn1cnc(NC(=O)c2cc3c(cc(C(O)(c4ccccc4)c4ncccn4)n3CC)nc2OC)n1. The summed E-state index contributed by atoms with van der Waals surface area (Å²) in [4.78, 5) is 30.7. The molecule has 0 bridgehead atoms. The summed E-state index contributed by atoms with van der Waals surface area (Å²) in [5.74, 6) is 0.0793. The molecule has 1 aromatic carbocycles. The van der Waals surface area contributed by atoms with E-state index < -0.39 is 11.5 Å².